The summed E-state index contributed by atoms with van der Waals surface area (Å²) in [4.78, 5) is 24.5. The lowest BCUT2D eigenvalue weighted by molar-refractivity contribution is -0.122. The summed E-state index contributed by atoms with van der Waals surface area (Å²) in [6, 6.07) is 2.07. The number of hydrogen-bond donors (Lipinski definition) is 3. The molecule has 1 aliphatic carbocycles. The number of aryl methyl sites for hydroxylation is 2. The molecule has 6 heteroatoms. The molecule has 0 amide bonds. The quantitative estimate of drug-likeness (QED) is 0.519. The number of hydrogen-bond acceptors (Lipinski definition) is 4. The van der Waals surface area contributed by atoms with Crippen LogP contribution in [-0.2, 0) is 9.59 Å². The third-order valence-corrected chi connectivity index (χ3v) is 5.30. The highest BCUT2D eigenvalue weighted by molar-refractivity contribution is 7.80. The molecule has 0 saturated heterocycles. The van der Waals surface area contributed by atoms with Crippen LogP contribution in [-0.4, -0.2) is 28.3 Å². The van der Waals surface area contributed by atoms with Gasteiger partial charge in [0.05, 0.1) is 5.57 Å². The van der Waals surface area contributed by atoms with Gasteiger partial charge in [-0.15, -0.1) is 0 Å². The van der Waals surface area contributed by atoms with Crippen molar-refractivity contribution in [3.05, 3.63) is 39.7 Å². The summed E-state index contributed by atoms with van der Waals surface area (Å²) in [6.45, 7) is 10.4. The molecule has 2 rings (SSSR count). The van der Waals surface area contributed by atoms with Crippen molar-refractivity contribution < 1.29 is 14.7 Å². The van der Waals surface area contributed by atoms with Crippen LogP contribution >= 0.6 is 12.2 Å². The summed E-state index contributed by atoms with van der Waals surface area (Å²) in [6.07, 6.45) is 0.746. The molecule has 1 aromatic carbocycles. The number of thiocarbonyl (C=S) groups is 1. The average molecular weight is 389 g/mol. The minimum atomic E-state index is -0.286. The lowest BCUT2D eigenvalue weighted by Crippen LogP contribution is -2.29. The second kappa shape index (κ2) is 8.65. The van der Waals surface area contributed by atoms with E-state index in [9.17, 15) is 14.7 Å². The molecule has 1 aromatic rings. The van der Waals surface area contributed by atoms with Gasteiger partial charge in [-0.05, 0) is 68.1 Å². The van der Waals surface area contributed by atoms with E-state index < -0.39 is 0 Å². The zero-order chi connectivity index (χ0) is 20.3. The van der Waals surface area contributed by atoms with Gasteiger partial charge in [0.25, 0.3) is 0 Å². The highest BCUT2D eigenvalue weighted by atomic mass is 32.1. The SMILES string of the molecule is CCNC(=S)Nc1c(C)cc(C)c(C2CC(=O)C(C(=O)CC)=C(O)C2)c1C. The van der Waals surface area contributed by atoms with Crippen molar-refractivity contribution in [2.24, 2.45) is 0 Å². The van der Waals surface area contributed by atoms with Crippen LogP contribution in [0.5, 0.6) is 0 Å². The number of allylic oxidation sites excluding steroid dienone is 2. The Labute approximate surface area is 166 Å². The molecule has 0 spiro atoms. The number of carbonyl (C=O) groups excluding carboxylic acids is 2. The van der Waals surface area contributed by atoms with E-state index in [1.54, 1.807) is 6.92 Å². The second-order valence-corrected chi connectivity index (χ2v) is 7.44. The third kappa shape index (κ3) is 4.38. The summed E-state index contributed by atoms with van der Waals surface area (Å²) in [5.41, 5.74) is 5.10. The molecule has 0 bridgehead atoms. The number of carbonyl (C=O) groups is 2. The molecule has 0 fully saturated rings. The topological polar surface area (TPSA) is 78.4 Å². The zero-order valence-corrected chi connectivity index (χ0v) is 17.5. The Bertz CT molecular complexity index is 827. The van der Waals surface area contributed by atoms with Gasteiger partial charge in [-0.25, -0.2) is 0 Å². The van der Waals surface area contributed by atoms with Crippen LogP contribution in [0.2, 0.25) is 0 Å². The van der Waals surface area contributed by atoms with E-state index in [-0.39, 0.29) is 41.7 Å². The van der Waals surface area contributed by atoms with E-state index >= 15 is 0 Å². The summed E-state index contributed by atoms with van der Waals surface area (Å²) >= 11 is 5.32. The van der Waals surface area contributed by atoms with Gasteiger partial charge in [-0.3, -0.25) is 9.59 Å². The van der Waals surface area contributed by atoms with Crippen molar-refractivity contribution >= 4 is 34.6 Å². The van der Waals surface area contributed by atoms with Crippen LogP contribution in [0.1, 0.15) is 61.3 Å². The minimum Gasteiger partial charge on any atom is -0.511 e. The normalized spacial score (nSPS) is 17.1. The van der Waals surface area contributed by atoms with Gasteiger partial charge in [0.1, 0.15) is 5.76 Å². The van der Waals surface area contributed by atoms with E-state index in [1.807, 2.05) is 27.7 Å². The Hall–Kier alpha value is -2.21. The monoisotopic (exact) mass is 388 g/mol. The van der Waals surface area contributed by atoms with Gasteiger partial charge >= 0.3 is 0 Å². The van der Waals surface area contributed by atoms with E-state index in [0.717, 1.165) is 34.5 Å². The Morgan fingerprint density at radius 2 is 1.89 bits per heavy atom. The minimum absolute atomic E-state index is 0.0113. The molecule has 0 heterocycles. The zero-order valence-electron chi connectivity index (χ0n) is 16.7. The number of aliphatic hydroxyl groups is 1. The molecular formula is C21H28N2O3S. The molecule has 5 nitrogen and oxygen atoms in total. The van der Waals surface area contributed by atoms with Gasteiger partial charge in [-0.2, -0.15) is 0 Å². The fourth-order valence-corrected chi connectivity index (χ4v) is 4.18. The van der Waals surface area contributed by atoms with E-state index in [0.29, 0.717) is 11.5 Å². The van der Waals surface area contributed by atoms with E-state index in [1.165, 1.54) is 0 Å². The summed E-state index contributed by atoms with van der Waals surface area (Å²) in [5.74, 6) is -0.792. The predicted molar refractivity (Wildman–Crippen MR) is 112 cm³/mol. The summed E-state index contributed by atoms with van der Waals surface area (Å²) < 4.78 is 0. The molecule has 146 valence electrons. The maximum atomic E-state index is 12.5. The first kappa shape index (κ1) is 21.1. The van der Waals surface area contributed by atoms with Crippen molar-refractivity contribution in [2.75, 3.05) is 11.9 Å². The van der Waals surface area contributed by atoms with E-state index in [2.05, 4.69) is 16.7 Å². The number of nitrogens with one attached hydrogen (secondary N) is 2. The largest absolute Gasteiger partial charge is 0.511 e. The molecule has 27 heavy (non-hydrogen) atoms. The molecule has 0 aliphatic heterocycles. The van der Waals surface area contributed by atoms with Crippen molar-refractivity contribution in [3.63, 3.8) is 0 Å². The van der Waals surface area contributed by atoms with Crippen LogP contribution < -0.4 is 10.6 Å². The molecule has 1 aliphatic rings. The Kier molecular flexibility index (Phi) is 6.76. The first-order valence-electron chi connectivity index (χ1n) is 9.35. The molecule has 1 atom stereocenters. The number of ketones is 2. The smallest absolute Gasteiger partial charge is 0.170 e. The van der Waals surface area contributed by atoms with Crippen LogP contribution in [0, 0.1) is 20.8 Å². The molecular weight excluding hydrogens is 360 g/mol. The lowest BCUT2D eigenvalue weighted by atomic mass is 9.77. The molecule has 3 N–H and O–H groups in total. The average Bonchev–Trinajstić information content (AvgIpc) is 2.58. The fraction of sp³-hybridized carbons (Fsp3) is 0.476. The van der Waals surface area contributed by atoms with Crippen LogP contribution in [0.25, 0.3) is 0 Å². The highest BCUT2D eigenvalue weighted by Gasteiger charge is 2.33. The molecule has 0 saturated carbocycles. The van der Waals surface area contributed by atoms with Crippen molar-refractivity contribution in [1.29, 1.82) is 0 Å². The van der Waals surface area contributed by atoms with Crippen LogP contribution in [0.4, 0.5) is 5.69 Å². The van der Waals surface area contributed by atoms with Crippen molar-refractivity contribution in [2.45, 2.75) is 59.8 Å². The van der Waals surface area contributed by atoms with Gasteiger partial charge in [0, 0.05) is 31.5 Å². The van der Waals surface area contributed by atoms with Crippen molar-refractivity contribution in [1.82, 2.24) is 5.32 Å². The van der Waals surface area contributed by atoms with Crippen LogP contribution in [0.3, 0.4) is 0 Å². The molecule has 1 unspecified atom stereocenters. The molecule has 0 radical (unpaired) electrons. The maximum absolute atomic E-state index is 12.5. The van der Waals surface area contributed by atoms with Crippen LogP contribution in [0.15, 0.2) is 17.4 Å². The predicted octanol–water partition coefficient (Wildman–Crippen LogP) is 4.16. The Morgan fingerprint density at radius 3 is 2.44 bits per heavy atom. The maximum Gasteiger partial charge on any atom is 0.170 e. The molecule has 0 aromatic heterocycles. The number of rotatable bonds is 5. The lowest BCUT2D eigenvalue weighted by Gasteiger charge is -2.28. The summed E-state index contributed by atoms with van der Waals surface area (Å²) in [5, 5.41) is 17.3. The van der Waals surface area contributed by atoms with Gasteiger partial charge in [0.2, 0.25) is 0 Å². The van der Waals surface area contributed by atoms with E-state index in [4.69, 9.17) is 12.2 Å². The second-order valence-electron chi connectivity index (χ2n) is 7.04. The van der Waals surface area contributed by atoms with Gasteiger partial charge in [-0.1, -0.05) is 13.0 Å². The Balaban J connectivity index is 2.45. The number of benzene rings is 1. The number of anilines is 1. The van der Waals surface area contributed by atoms with Gasteiger partial charge in [0.15, 0.2) is 16.7 Å². The number of aliphatic hydroxyl groups excluding tert-OH is 1. The first-order chi connectivity index (χ1) is 12.7. The first-order valence-corrected chi connectivity index (χ1v) is 9.76. The summed E-state index contributed by atoms with van der Waals surface area (Å²) in [7, 11) is 0. The highest BCUT2D eigenvalue weighted by Crippen LogP contribution is 2.40. The number of Topliss-reactive ketones (excluding diaryl/α,β-unsaturated/α-hetero) is 2. The fourth-order valence-electron chi connectivity index (χ4n) is 3.93. The van der Waals surface area contributed by atoms with Crippen molar-refractivity contribution in [3.8, 4) is 0 Å². The standard InChI is InChI=1S/C21H28N2O3S/c1-6-15(24)19-16(25)9-14(10-17(19)26)18-11(3)8-12(4)20(13(18)5)23-21(27)22-7-2/h8,14,25H,6-7,9-10H2,1-5H3,(H2,22,23,27). The van der Waals surface area contributed by atoms with Gasteiger partial charge < -0.3 is 15.7 Å². The Morgan fingerprint density at radius 1 is 1.22 bits per heavy atom. The third-order valence-electron chi connectivity index (χ3n) is 5.05.